The van der Waals surface area contributed by atoms with Gasteiger partial charge in [-0.1, -0.05) is 61.6 Å². The fourth-order valence-electron chi connectivity index (χ4n) is 2.46. The van der Waals surface area contributed by atoms with Crippen LogP contribution in [0.4, 0.5) is 0 Å². The summed E-state index contributed by atoms with van der Waals surface area (Å²) in [5, 5.41) is 9.09. The average molecular weight is 338 g/mol. The Labute approximate surface area is 112 Å². The van der Waals surface area contributed by atoms with Crippen molar-refractivity contribution in [3.05, 3.63) is 0 Å². The van der Waals surface area contributed by atoms with Crippen molar-refractivity contribution in [3.63, 3.8) is 0 Å². The predicted octanol–water partition coefficient (Wildman–Crippen LogP) is 4.41. The molecule has 0 heterocycles. The van der Waals surface area contributed by atoms with Gasteiger partial charge in [-0.05, 0) is 25.7 Å². The zero-order valence-electron chi connectivity index (χ0n) is 10.2. The van der Waals surface area contributed by atoms with E-state index in [1.165, 1.54) is 32.1 Å². The Kier molecular flexibility index (Phi) is 6.08. The lowest BCUT2D eigenvalue weighted by molar-refractivity contribution is -0.142. The number of carboxylic acids is 1. The number of carbonyl (C=O) groups is 1. The van der Waals surface area contributed by atoms with Crippen LogP contribution >= 0.6 is 22.6 Å². The fourth-order valence-corrected chi connectivity index (χ4v) is 3.22. The molecule has 2 atom stereocenters. The molecule has 94 valence electrons. The lowest BCUT2D eigenvalue weighted by Gasteiger charge is -2.22. The number of alkyl halides is 1. The highest BCUT2D eigenvalue weighted by Crippen LogP contribution is 2.33. The molecular weight excluding hydrogens is 315 g/mol. The van der Waals surface area contributed by atoms with Crippen LogP contribution in [0.2, 0.25) is 0 Å². The van der Waals surface area contributed by atoms with Gasteiger partial charge < -0.3 is 5.11 Å². The first-order valence-electron chi connectivity index (χ1n) is 6.43. The van der Waals surface area contributed by atoms with Crippen LogP contribution in [0.25, 0.3) is 0 Å². The lowest BCUT2D eigenvalue weighted by Crippen LogP contribution is -2.15. The number of aliphatic carboxylic acids is 1. The molecule has 2 nitrogen and oxygen atoms in total. The van der Waals surface area contributed by atoms with Gasteiger partial charge in [0.25, 0.3) is 0 Å². The topological polar surface area (TPSA) is 37.3 Å². The Balaban J connectivity index is 2.45. The SMILES string of the molecule is CC1(I)CCCCCC(C(=O)O)CCCC1. The normalized spacial score (nSPS) is 34.0. The molecule has 0 amide bonds. The molecule has 1 fully saturated rings. The van der Waals surface area contributed by atoms with Gasteiger partial charge in [-0.2, -0.15) is 0 Å². The van der Waals surface area contributed by atoms with Crippen molar-refractivity contribution in [2.75, 3.05) is 0 Å². The minimum Gasteiger partial charge on any atom is -0.481 e. The molecule has 1 aliphatic rings. The highest BCUT2D eigenvalue weighted by atomic mass is 127. The molecule has 16 heavy (non-hydrogen) atoms. The molecule has 1 N–H and O–H groups in total. The van der Waals surface area contributed by atoms with Crippen molar-refractivity contribution in [3.8, 4) is 0 Å². The largest absolute Gasteiger partial charge is 0.481 e. The van der Waals surface area contributed by atoms with Gasteiger partial charge in [-0.15, -0.1) is 0 Å². The highest BCUT2D eigenvalue weighted by molar-refractivity contribution is 14.1. The molecule has 0 aromatic carbocycles. The number of carboxylic acid groups (broad SMARTS) is 1. The van der Waals surface area contributed by atoms with E-state index in [9.17, 15) is 4.79 Å². The first-order chi connectivity index (χ1) is 7.51. The molecule has 0 bridgehead atoms. The number of hydrogen-bond donors (Lipinski definition) is 1. The smallest absolute Gasteiger partial charge is 0.306 e. The van der Waals surface area contributed by atoms with Crippen LogP contribution in [0.3, 0.4) is 0 Å². The fraction of sp³-hybridized carbons (Fsp3) is 0.923. The Hall–Kier alpha value is 0.200. The molecule has 0 radical (unpaired) electrons. The summed E-state index contributed by atoms with van der Waals surface area (Å²) in [7, 11) is 0. The summed E-state index contributed by atoms with van der Waals surface area (Å²) < 4.78 is 0.431. The van der Waals surface area contributed by atoms with Crippen molar-refractivity contribution < 1.29 is 9.90 Å². The van der Waals surface area contributed by atoms with E-state index in [4.69, 9.17) is 5.11 Å². The summed E-state index contributed by atoms with van der Waals surface area (Å²) in [4.78, 5) is 11.0. The third-order valence-electron chi connectivity index (χ3n) is 3.60. The van der Waals surface area contributed by atoms with Crippen molar-refractivity contribution in [1.29, 1.82) is 0 Å². The number of rotatable bonds is 1. The summed E-state index contributed by atoms with van der Waals surface area (Å²) in [6.45, 7) is 2.33. The van der Waals surface area contributed by atoms with Gasteiger partial charge in [0.05, 0.1) is 5.92 Å². The van der Waals surface area contributed by atoms with Crippen LogP contribution in [0.5, 0.6) is 0 Å². The first kappa shape index (κ1) is 14.3. The average Bonchev–Trinajstić information content (AvgIpc) is 2.22. The second kappa shape index (κ2) is 6.82. The Morgan fingerprint density at radius 2 is 1.62 bits per heavy atom. The third-order valence-corrected chi connectivity index (χ3v) is 4.68. The standard InChI is InChI=1S/C13H23IO2/c1-13(14)9-5-2-3-7-11(12(15)16)8-4-6-10-13/h11H,2-10H2,1H3,(H,15,16). The van der Waals surface area contributed by atoms with Crippen LogP contribution in [-0.4, -0.2) is 14.5 Å². The van der Waals surface area contributed by atoms with E-state index >= 15 is 0 Å². The van der Waals surface area contributed by atoms with Crippen molar-refractivity contribution in [2.24, 2.45) is 5.92 Å². The van der Waals surface area contributed by atoms with E-state index in [1.807, 2.05) is 0 Å². The zero-order chi connectivity index (χ0) is 12.0. The van der Waals surface area contributed by atoms with E-state index in [0.29, 0.717) is 3.42 Å². The van der Waals surface area contributed by atoms with Crippen molar-refractivity contribution >= 4 is 28.6 Å². The molecule has 1 aliphatic carbocycles. The van der Waals surface area contributed by atoms with Gasteiger partial charge in [0.1, 0.15) is 0 Å². The maximum Gasteiger partial charge on any atom is 0.306 e. The Morgan fingerprint density at radius 3 is 2.19 bits per heavy atom. The molecule has 0 aromatic rings. The molecule has 0 saturated heterocycles. The van der Waals surface area contributed by atoms with Gasteiger partial charge in [-0.25, -0.2) is 0 Å². The molecule has 0 spiro atoms. The second-order valence-electron chi connectivity index (χ2n) is 5.29. The van der Waals surface area contributed by atoms with Crippen molar-refractivity contribution in [1.82, 2.24) is 0 Å². The molecule has 0 aliphatic heterocycles. The third kappa shape index (κ3) is 5.51. The molecule has 1 rings (SSSR count). The van der Waals surface area contributed by atoms with Gasteiger partial charge in [0.2, 0.25) is 0 Å². The van der Waals surface area contributed by atoms with E-state index < -0.39 is 5.97 Å². The van der Waals surface area contributed by atoms with E-state index in [0.717, 1.165) is 25.7 Å². The maximum atomic E-state index is 11.0. The summed E-state index contributed by atoms with van der Waals surface area (Å²) in [5.74, 6) is -0.671. The Bertz CT molecular complexity index is 226. The van der Waals surface area contributed by atoms with Crippen LogP contribution in [0.15, 0.2) is 0 Å². The maximum absolute atomic E-state index is 11.0. The molecule has 0 aromatic heterocycles. The lowest BCUT2D eigenvalue weighted by atomic mass is 9.95. The molecule has 2 unspecified atom stereocenters. The number of halogens is 1. The summed E-state index contributed by atoms with van der Waals surface area (Å²) >= 11 is 2.58. The minimum atomic E-state index is -0.587. The van der Waals surface area contributed by atoms with Gasteiger partial charge in [0, 0.05) is 3.42 Å². The van der Waals surface area contributed by atoms with E-state index in [-0.39, 0.29) is 5.92 Å². The first-order valence-corrected chi connectivity index (χ1v) is 7.51. The minimum absolute atomic E-state index is 0.0847. The van der Waals surface area contributed by atoms with Crippen molar-refractivity contribution in [2.45, 2.75) is 68.1 Å². The second-order valence-corrected chi connectivity index (χ2v) is 7.90. The number of hydrogen-bond acceptors (Lipinski definition) is 1. The monoisotopic (exact) mass is 338 g/mol. The van der Waals surface area contributed by atoms with Crippen LogP contribution < -0.4 is 0 Å². The summed E-state index contributed by atoms with van der Waals surface area (Å²) in [5.41, 5.74) is 0. The zero-order valence-corrected chi connectivity index (χ0v) is 12.3. The highest BCUT2D eigenvalue weighted by Gasteiger charge is 2.22. The van der Waals surface area contributed by atoms with Crippen LogP contribution in [0.1, 0.15) is 64.7 Å². The van der Waals surface area contributed by atoms with Gasteiger partial charge in [0.15, 0.2) is 0 Å². The Morgan fingerprint density at radius 1 is 1.12 bits per heavy atom. The van der Waals surface area contributed by atoms with Crippen LogP contribution in [0, 0.1) is 5.92 Å². The summed E-state index contributed by atoms with van der Waals surface area (Å²) in [6.07, 6.45) is 10.1. The molecule has 3 heteroatoms. The van der Waals surface area contributed by atoms with E-state index in [1.54, 1.807) is 0 Å². The van der Waals surface area contributed by atoms with Crippen LogP contribution in [-0.2, 0) is 4.79 Å². The predicted molar refractivity (Wildman–Crippen MR) is 75.1 cm³/mol. The molecule has 1 saturated carbocycles. The van der Waals surface area contributed by atoms with E-state index in [2.05, 4.69) is 29.5 Å². The quantitative estimate of drug-likeness (QED) is 0.568. The molecular formula is C13H23IO2. The van der Waals surface area contributed by atoms with Gasteiger partial charge in [-0.3, -0.25) is 4.79 Å². The van der Waals surface area contributed by atoms with Gasteiger partial charge >= 0.3 is 5.97 Å². The summed E-state index contributed by atoms with van der Waals surface area (Å²) in [6, 6.07) is 0.